The second-order valence-corrected chi connectivity index (χ2v) is 13.0. The molecule has 4 aliphatic carbocycles. The number of benzene rings is 1. The van der Waals surface area contributed by atoms with Gasteiger partial charge in [0.05, 0.1) is 24.7 Å². The number of allylic oxidation sites excluding steroid dienone is 1. The molecule has 0 N–H and O–H groups in total. The average Bonchev–Trinajstić information content (AvgIpc) is 3.19. The van der Waals surface area contributed by atoms with Gasteiger partial charge < -0.3 is 9.47 Å². The monoisotopic (exact) mass is 478 g/mol. The SMILES string of the molecule is CCOC(=O)C(C)(C)C1=CC[C@]2(C)[C@@H](CC[C@@H]3[C@H]4CC[C@H](OCc5ccccc5)[C@]4(C)CC[C@H]32)C1. The summed E-state index contributed by atoms with van der Waals surface area (Å²) in [6.07, 6.45) is 12.8. The first-order chi connectivity index (χ1) is 16.7. The van der Waals surface area contributed by atoms with Crippen molar-refractivity contribution in [3.8, 4) is 0 Å². The van der Waals surface area contributed by atoms with E-state index in [-0.39, 0.29) is 5.97 Å². The van der Waals surface area contributed by atoms with Crippen LogP contribution in [0.5, 0.6) is 0 Å². The Hall–Kier alpha value is -1.61. The molecule has 0 amide bonds. The molecule has 35 heavy (non-hydrogen) atoms. The van der Waals surface area contributed by atoms with Crippen LogP contribution in [0.3, 0.4) is 0 Å². The smallest absolute Gasteiger partial charge is 0.315 e. The molecule has 0 heterocycles. The van der Waals surface area contributed by atoms with E-state index < -0.39 is 5.41 Å². The van der Waals surface area contributed by atoms with Crippen molar-refractivity contribution in [2.45, 2.75) is 98.7 Å². The first-order valence-corrected chi connectivity index (χ1v) is 14.2. The van der Waals surface area contributed by atoms with Crippen LogP contribution in [-0.2, 0) is 20.9 Å². The van der Waals surface area contributed by atoms with Crippen molar-refractivity contribution in [3.05, 3.63) is 47.5 Å². The number of rotatable bonds is 6. The predicted molar refractivity (Wildman–Crippen MR) is 141 cm³/mol. The fourth-order valence-electron chi connectivity index (χ4n) is 8.83. The Morgan fingerprint density at radius 3 is 2.49 bits per heavy atom. The first-order valence-electron chi connectivity index (χ1n) is 14.2. The standard InChI is InChI=1S/C32H46O3/c1-6-34-29(33)30(2,3)23-16-18-31(4)24(20-23)12-13-25-26-14-15-28(32(26,5)19-17-27(25)31)35-21-22-10-8-7-9-11-22/h7-11,16,24-28H,6,12-15,17-21H2,1-5H3/t24-,25+,26+,27+,28-,31+,32+/m0/s1. The molecule has 3 fully saturated rings. The highest BCUT2D eigenvalue weighted by molar-refractivity contribution is 5.79. The number of hydrogen-bond donors (Lipinski definition) is 0. The first kappa shape index (κ1) is 25.1. The summed E-state index contributed by atoms with van der Waals surface area (Å²) in [7, 11) is 0. The Kier molecular flexibility index (Phi) is 6.70. The quantitative estimate of drug-likeness (QED) is 0.310. The molecule has 0 radical (unpaired) electrons. The maximum Gasteiger partial charge on any atom is 0.315 e. The molecular weight excluding hydrogens is 432 g/mol. The van der Waals surface area contributed by atoms with Gasteiger partial charge in [0.25, 0.3) is 0 Å². The Morgan fingerprint density at radius 1 is 1.00 bits per heavy atom. The molecule has 3 nitrogen and oxygen atoms in total. The van der Waals surface area contributed by atoms with Gasteiger partial charge in [-0.2, -0.15) is 0 Å². The van der Waals surface area contributed by atoms with Gasteiger partial charge in [0.1, 0.15) is 0 Å². The third-order valence-corrected chi connectivity index (χ3v) is 11.1. The van der Waals surface area contributed by atoms with Gasteiger partial charge in [-0.3, -0.25) is 4.79 Å². The lowest BCUT2D eigenvalue weighted by Gasteiger charge is -2.60. The number of ether oxygens (including phenoxy) is 2. The van der Waals surface area contributed by atoms with E-state index in [0.29, 0.717) is 29.5 Å². The van der Waals surface area contributed by atoms with Crippen molar-refractivity contribution in [1.29, 1.82) is 0 Å². The molecule has 192 valence electrons. The van der Waals surface area contributed by atoms with Crippen LogP contribution in [0.2, 0.25) is 0 Å². The summed E-state index contributed by atoms with van der Waals surface area (Å²) in [6.45, 7) is 12.4. The summed E-state index contributed by atoms with van der Waals surface area (Å²) < 4.78 is 12.0. The summed E-state index contributed by atoms with van der Waals surface area (Å²) in [5, 5.41) is 0. The summed E-state index contributed by atoms with van der Waals surface area (Å²) in [5.74, 6) is 3.04. The van der Waals surface area contributed by atoms with Crippen LogP contribution in [0.1, 0.15) is 91.5 Å². The summed E-state index contributed by atoms with van der Waals surface area (Å²) in [4.78, 5) is 12.7. The summed E-state index contributed by atoms with van der Waals surface area (Å²) in [5.41, 5.74) is 2.78. The van der Waals surface area contributed by atoms with E-state index in [2.05, 4.69) is 64.1 Å². The lowest BCUT2D eigenvalue weighted by atomic mass is 9.45. The molecule has 4 aliphatic rings. The number of carbonyl (C=O) groups is 1. The minimum absolute atomic E-state index is 0.0653. The molecule has 5 rings (SSSR count). The van der Waals surface area contributed by atoms with Crippen molar-refractivity contribution < 1.29 is 14.3 Å². The molecular formula is C32H46O3. The number of carbonyl (C=O) groups excluding carboxylic acids is 1. The molecule has 1 aromatic carbocycles. The van der Waals surface area contributed by atoms with Crippen molar-refractivity contribution in [2.24, 2.45) is 39.9 Å². The van der Waals surface area contributed by atoms with Gasteiger partial charge in [-0.15, -0.1) is 0 Å². The lowest BCUT2D eigenvalue weighted by molar-refractivity contribution is -0.152. The van der Waals surface area contributed by atoms with Gasteiger partial charge in [-0.25, -0.2) is 0 Å². The van der Waals surface area contributed by atoms with Crippen LogP contribution >= 0.6 is 0 Å². The van der Waals surface area contributed by atoms with E-state index in [1.807, 2.05) is 6.92 Å². The molecule has 0 saturated heterocycles. The van der Waals surface area contributed by atoms with Crippen LogP contribution in [0.25, 0.3) is 0 Å². The minimum atomic E-state index is -0.506. The van der Waals surface area contributed by atoms with Gasteiger partial charge in [-0.05, 0) is 112 Å². The zero-order chi connectivity index (χ0) is 24.8. The van der Waals surface area contributed by atoms with Crippen LogP contribution in [0.15, 0.2) is 42.0 Å². The van der Waals surface area contributed by atoms with Crippen LogP contribution < -0.4 is 0 Å². The van der Waals surface area contributed by atoms with Gasteiger partial charge in [-0.1, -0.05) is 55.8 Å². The highest BCUT2D eigenvalue weighted by Gasteiger charge is 2.60. The molecule has 0 unspecified atom stereocenters. The highest BCUT2D eigenvalue weighted by atomic mass is 16.5. The average molecular weight is 479 g/mol. The van der Waals surface area contributed by atoms with Crippen molar-refractivity contribution in [1.82, 2.24) is 0 Å². The van der Waals surface area contributed by atoms with Gasteiger partial charge >= 0.3 is 5.97 Å². The molecule has 3 saturated carbocycles. The lowest BCUT2D eigenvalue weighted by Crippen LogP contribution is -2.53. The van der Waals surface area contributed by atoms with Gasteiger partial charge in [0, 0.05) is 0 Å². The minimum Gasteiger partial charge on any atom is -0.465 e. The van der Waals surface area contributed by atoms with Crippen LogP contribution in [0, 0.1) is 39.9 Å². The molecule has 0 spiro atoms. The third kappa shape index (κ3) is 4.20. The maximum atomic E-state index is 12.7. The van der Waals surface area contributed by atoms with E-state index in [1.54, 1.807) is 0 Å². The highest BCUT2D eigenvalue weighted by Crippen LogP contribution is 2.67. The van der Waals surface area contributed by atoms with E-state index in [9.17, 15) is 4.79 Å². The zero-order valence-corrected chi connectivity index (χ0v) is 22.6. The molecule has 7 atom stereocenters. The Balaban J connectivity index is 1.30. The van der Waals surface area contributed by atoms with E-state index in [4.69, 9.17) is 9.47 Å². The second kappa shape index (κ2) is 9.36. The van der Waals surface area contributed by atoms with Gasteiger partial charge in [0.15, 0.2) is 0 Å². The fourth-order valence-corrected chi connectivity index (χ4v) is 8.83. The van der Waals surface area contributed by atoms with Crippen molar-refractivity contribution in [3.63, 3.8) is 0 Å². The van der Waals surface area contributed by atoms with Gasteiger partial charge in [0.2, 0.25) is 0 Å². The van der Waals surface area contributed by atoms with Crippen LogP contribution in [-0.4, -0.2) is 18.7 Å². The Bertz CT molecular complexity index is 949. The third-order valence-electron chi connectivity index (χ3n) is 11.1. The van der Waals surface area contributed by atoms with Crippen molar-refractivity contribution in [2.75, 3.05) is 6.61 Å². The predicted octanol–water partition coefficient (Wildman–Crippen LogP) is 7.74. The van der Waals surface area contributed by atoms with E-state index in [0.717, 1.165) is 37.2 Å². The molecule has 0 bridgehead atoms. The number of fused-ring (bicyclic) bond motifs is 5. The van der Waals surface area contributed by atoms with Crippen LogP contribution in [0.4, 0.5) is 0 Å². The normalized spacial score (nSPS) is 38.7. The molecule has 0 aliphatic heterocycles. The largest absolute Gasteiger partial charge is 0.465 e. The number of esters is 1. The molecule has 3 heteroatoms. The summed E-state index contributed by atoms with van der Waals surface area (Å²) in [6, 6.07) is 10.7. The van der Waals surface area contributed by atoms with E-state index in [1.165, 1.54) is 49.7 Å². The second-order valence-electron chi connectivity index (χ2n) is 13.0. The summed E-state index contributed by atoms with van der Waals surface area (Å²) >= 11 is 0. The maximum absolute atomic E-state index is 12.7. The van der Waals surface area contributed by atoms with E-state index >= 15 is 0 Å². The zero-order valence-electron chi connectivity index (χ0n) is 22.6. The Morgan fingerprint density at radius 2 is 1.74 bits per heavy atom. The number of hydrogen-bond acceptors (Lipinski definition) is 3. The molecule has 0 aromatic heterocycles. The molecule has 1 aromatic rings. The topological polar surface area (TPSA) is 35.5 Å². The Labute approximate surface area is 213 Å². The van der Waals surface area contributed by atoms with Crippen molar-refractivity contribution >= 4 is 5.97 Å². The fraction of sp³-hybridized carbons (Fsp3) is 0.719.